The minimum Gasteiger partial charge on any atom is -0.372 e. The zero-order valence-corrected chi connectivity index (χ0v) is 12.8. The Labute approximate surface area is 125 Å². The molecule has 20 heavy (non-hydrogen) atoms. The lowest BCUT2D eigenvalue weighted by Gasteiger charge is -2.18. The van der Waals surface area contributed by atoms with Crippen molar-refractivity contribution in [1.29, 1.82) is 0 Å². The molecule has 1 N–H and O–H groups in total. The molecule has 1 aromatic rings. The van der Waals surface area contributed by atoms with E-state index in [0.29, 0.717) is 12.8 Å². The van der Waals surface area contributed by atoms with Crippen LogP contribution in [0.5, 0.6) is 0 Å². The maximum absolute atomic E-state index is 12.0. The Balaban J connectivity index is 2.40. The number of alkyl halides is 3. The SMILES string of the molecule is CCNC(CCOCC(F)(F)F)Cc1cncc(Br)c1. The molecule has 0 radical (unpaired) electrons. The van der Waals surface area contributed by atoms with Gasteiger partial charge in [-0.15, -0.1) is 0 Å². The molecular formula is C13H18BrF3N2O. The molecule has 0 bridgehead atoms. The third-order valence-corrected chi connectivity index (χ3v) is 3.05. The van der Waals surface area contributed by atoms with Crippen LogP contribution in [0.3, 0.4) is 0 Å². The van der Waals surface area contributed by atoms with E-state index in [1.165, 1.54) is 0 Å². The molecule has 1 rings (SSSR count). The van der Waals surface area contributed by atoms with Crippen molar-refractivity contribution in [2.45, 2.75) is 32.0 Å². The summed E-state index contributed by atoms with van der Waals surface area (Å²) in [4.78, 5) is 4.07. The van der Waals surface area contributed by atoms with Gasteiger partial charge in [0.05, 0.1) is 0 Å². The normalized spacial score (nSPS) is 13.4. The Morgan fingerprint density at radius 2 is 2.15 bits per heavy atom. The summed E-state index contributed by atoms with van der Waals surface area (Å²) in [6.07, 6.45) is 0.415. The van der Waals surface area contributed by atoms with E-state index in [-0.39, 0.29) is 12.6 Å². The molecule has 0 spiro atoms. The predicted molar refractivity (Wildman–Crippen MR) is 74.6 cm³/mol. The molecule has 3 nitrogen and oxygen atoms in total. The van der Waals surface area contributed by atoms with Crippen LogP contribution >= 0.6 is 15.9 Å². The molecule has 1 heterocycles. The van der Waals surface area contributed by atoms with Gasteiger partial charge in [-0.3, -0.25) is 4.98 Å². The first-order valence-electron chi connectivity index (χ1n) is 6.38. The molecule has 1 atom stereocenters. The lowest BCUT2D eigenvalue weighted by Crippen LogP contribution is -2.32. The first-order chi connectivity index (χ1) is 9.40. The highest BCUT2D eigenvalue weighted by molar-refractivity contribution is 9.10. The summed E-state index contributed by atoms with van der Waals surface area (Å²) in [6.45, 7) is 1.61. The topological polar surface area (TPSA) is 34.1 Å². The third-order valence-electron chi connectivity index (χ3n) is 2.61. The van der Waals surface area contributed by atoms with Crippen LogP contribution in [-0.2, 0) is 11.2 Å². The Morgan fingerprint density at radius 3 is 2.75 bits per heavy atom. The molecule has 0 saturated carbocycles. The van der Waals surface area contributed by atoms with Crippen molar-refractivity contribution >= 4 is 15.9 Å². The summed E-state index contributed by atoms with van der Waals surface area (Å²) in [5.41, 5.74) is 1.03. The van der Waals surface area contributed by atoms with Crippen LogP contribution in [0.2, 0.25) is 0 Å². The smallest absolute Gasteiger partial charge is 0.372 e. The first kappa shape index (κ1) is 17.4. The number of hydrogen-bond acceptors (Lipinski definition) is 3. The highest BCUT2D eigenvalue weighted by atomic mass is 79.9. The van der Waals surface area contributed by atoms with Crippen LogP contribution in [0.4, 0.5) is 13.2 Å². The van der Waals surface area contributed by atoms with Gasteiger partial charge in [-0.1, -0.05) is 6.92 Å². The van der Waals surface area contributed by atoms with Crippen molar-refractivity contribution in [3.63, 3.8) is 0 Å². The van der Waals surface area contributed by atoms with Gasteiger partial charge in [0.1, 0.15) is 6.61 Å². The first-order valence-corrected chi connectivity index (χ1v) is 7.17. The quantitative estimate of drug-likeness (QED) is 0.727. The highest BCUT2D eigenvalue weighted by Gasteiger charge is 2.27. The second-order valence-corrected chi connectivity index (χ2v) is 5.34. The minimum absolute atomic E-state index is 0.0735. The summed E-state index contributed by atoms with van der Waals surface area (Å²) >= 11 is 3.34. The highest BCUT2D eigenvalue weighted by Crippen LogP contribution is 2.15. The van der Waals surface area contributed by atoms with E-state index in [4.69, 9.17) is 0 Å². The summed E-state index contributed by atoms with van der Waals surface area (Å²) in [5.74, 6) is 0. The van der Waals surface area contributed by atoms with Crippen molar-refractivity contribution in [1.82, 2.24) is 10.3 Å². The van der Waals surface area contributed by atoms with Gasteiger partial charge in [-0.25, -0.2) is 0 Å². The standard InChI is InChI=1S/C13H18BrF3N2O/c1-2-19-12(3-4-20-9-13(15,16)17)6-10-5-11(14)8-18-7-10/h5,7-8,12,19H,2-4,6,9H2,1H3. The molecule has 0 fully saturated rings. The second-order valence-electron chi connectivity index (χ2n) is 4.43. The number of pyridine rings is 1. The Hall–Kier alpha value is -0.660. The fourth-order valence-electron chi connectivity index (χ4n) is 1.83. The summed E-state index contributed by atoms with van der Waals surface area (Å²) in [7, 11) is 0. The molecule has 1 aromatic heterocycles. The average Bonchev–Trinajstić information content (AvgIpc) is 2.33. The van der Waals surface area contributed by atoms with Gasteiger partial charge in [-0.2, -0.15) is 13.2 Å². The number of rotatable bonds is 8. The Bertz CT molecular complexity index is 401. The zero-order chi connectivity index (χ0) is 15.0. The fraction of sp³-hybridized carbons (Fsp3) is 0.615. The molecule has 0 aliphatic carbocycles. The Morgan fingerprint density at radius 1 is 1.40 bits per heavy atom. The molecular weight excluding hydrogens is 337 g/mol. The number of ether oxygens (including phenoxy) is 1. The van der Waals surface area contributed by atoms with Crippen LogP contribution in [0.25, 0.3) is 0 Å². The summed E-state index contributed by atoms with van der Waals surface area (Å²) in [5, 5.41) is 3.24. The number of nitrogens with one attached hydrogen (secondary N) is 1. The Kier molecular flexibility index (Phi) is 7.47. The van der Waals surface area contributed by atoms with E-state index >= 15 is 0 Å². The van der Waals surface area contributed by atoms with Crippen molar-refractivity contribution in [3.8, 4) is 0 Å². The average molecular weight is 355 g/mol. The lowest BCUT2D eigenvalue weighted by molar-refractivity contribution is -0.174. The van der Waals surface area contributed by atoms with Crippen LogP contribution in [0, 0.1) is 0 Å². The molecule has 7 heteroatoms. The van der Waals surface area contributed by atoms with Crippen molar-refractivity contribution in [2.24, 2.45) is 0 Å². The largest absolute Gasteiger partial charge is 0.411 e. The fourth-order valence-corrected chi connectivity index (χ4v) is 2.24. The van der Waals surface area contributed by atoms with Crippen molar-refractivity contribution in [2.75, 3.05) is 19.8 Å². The van der Waals surface area contributed by atoms with Crippen LogP contribution in [0.15, 0.2) is 22.9 Å². The number of likely N-dealkylation sites (N-methyl/N-ethyl adjacent to an activating group) is 1. The number of hydrogen-bond donors (Lipinski definition) is 1. The van der Waals surface area contributed by atoms with Crippen LogP contribution in [0.1, 0.15) is 18.9 Å². The van der Waals surface area contributed by atoms with Crippen molar-refractivity contribution < 1.29 is 17.9 Å². The summed E-state index contributed by atoms with van der Waals surface area (Å²) < 4.78 is 41.4. The van der Waals surface area contributed by atoms with Gasteiger partial charge in [0.25, 0.3) is 0 Å². The monoisotopic (exact) mass is 354 g/mol. The predicted octanol–water partition coefficient (Wildman–Crippen LogP) is 3.33. The zero-order valence-electron chi connectivity index (χ0n) is 11.2. The lowest BCUT2D eigenvalue weighted by atomic mass is 10.1. The maximum Gasteiger partial charge on any atom is 0.411 e. The summed E-state index contributed by atoms with van der Waals surface area (Å²) in [6, 6.07) is 2.03. The van der Waals surface area contributed by atoms with Gasteiger partial charge >= 0.3 is 6.18 Å². The van der Waals surface area contributed by atoms with Gasteiger partial charge in [0.15, 0.2) is 0 Å². The van der Waals surface area contributed by atoms with Gasteiger partial charge in [0, 0.05) is 29.5 Å². The van der Waals surface area contributed by atoms with Gasteiger partial charge in [-0.05, 0) is 46.9 Å². The van der Waals surface area contributed by atoms with E-state index in [9.17, 15) is 13.2 Å². The molecule has 0 aliphatic rings. The molecule has 0 aromatic carbocycles. The molecule has 0 saturated heterocycles. The molecule has 1 unspecified atom stereocenters. The molecule has 114 valence electrons. The number of nitrogens with zero attached hydrogens (tertiary/aromatic N) is 1. The van der Waals surface area contributed by atoms with Crippen molar-refractivity contribution in [3.05, 3.63) is 28.5 Å². The second kappa shape index (κ2) is 8.59. The van der Waals surface area contributed by atoms with Crippen LogP contribution < -0.4 is 5.32 Å². The molecule has 0 amide bonds. The van der Waals surface area contributed by atoms with E-state index in [1.807, 2.05) is 13.0 Å². The third kappa shape index (κ3) is 7.81. The maximum atomic E-state index is 12.0. The minimum atomic E-state index is -4.26. The molecule has 0 aliphatic heterocycles. The van der Waals surface area contributed by atoms with E-state index < -0.39 is 12.8 Å². The number of aromatic nitrogens is 1. The van der Waals surface area contributed by atoms with Gasteiger partial charge < -0.3 is 10.1 Å². The van der Waals surface area contributed by atoms with E-state index in [2.05, 4.69) is 31.0 Å². The van der Waals surface area contributed by atoms with Crippen LogP contribution in [-0.4, -0.2) is 37.0 Å². The number of halogens is 4. The van der Waals surface area contributed by atoms with E-state index in [1.54, 1.807) is 12.4 Å². The van der Waals surface area contributed by atoms with Gasteiger partial charge in [0.2, 0.25) is 0 Å². The van der Waals surface area contributed by atoms with E-state index in [0.717, 1.165) is 16.6 Å².